The smallest absolute Gasteiger partial charge is 0.341 e. The Bertz CT molecular complexity index is 724. The molecule has 2 N–H and O–H groups in total. The SMILES string of the molecule is O=C(O)COc1ccc(C(=O)Nc2c(Cl)cc(Cl)cc2Cl)cc1. The minimum atomic E-state index is -1.08. The summed E-state index contributed by atoms with van der Waals surface area (Å²) in [5.74, 6) is -1.17. The molecule has 0 bridgehead atoms. The van der Waals surface area contributed by atoms with Crippen LogP contribution in [0.2, 0.25) is 15.1 Å². The quantitative estimate of drug-likeness (QED) is 0.815. The van der Waals surface area contributed by atoms with E-state index >= 15 is 0 Å². The fraction of sp³-hybridized carbons (Fsp3) is 0.0667. The molecule has 0 aliphatic heterocycles. The molecule has 0 saturated heterocycles. The van der Waals surface area contributed by atoms with Crippen LogP contribution in [0.1, 0.15) is 10.4 Å². The average molecular weight is 375 g/mol. The van der Waals surface area contributed by atoms with Crippen molar-refractivity contribution >= 4 is 52.4 Å². The lowest BCUT2D eigenvalue weighted by Gasteiger charge is -2.10. The van der Waals surface area contributed by atoms with Gasteiger partial charge < -0.3 is 15.2 Å². The number of nitrogens with one attached hydrogen (secondary N) is 1. The average Bonchev–Trinajstić information content (AvgIpc) is 2.49. The molecule has 5 nitrogen and oxygen atoms in total. The summed E-state index contributed by atoms with van der Waals surface area (Å²) >= 11 is 17.8. The Kier molecular flexibility index (Phi) is 5.71. The van der Waals surface area contributed by atoms with Crippen molar-refractivity contribution in [3.8, 4) is 5.75 Å². The number of ether oxygens (including phenoxy) is 1. The molecule has 8 heteroatoms. The molecule has 120 valence electrons. The fourth-order valence-electron chi connectivity index (χ4n) is 1.69. The molecule has 0 aliphatic carbocycles. The third-order valence-electron chi connectivity index (χ3n) is 2.72. The Morgan fingerprint density at radius 3 is 2.13 bits per heavy atom. The number of hydrogen-bond acceptors (Lipinski definition) is 3. The number of halogens is 3. The molecule has 0 fully saturated rings. The molecular formula is C15H10Cl3NO4. The monoisotopic (exact) mass is 373 g/mol. The van der Waals surface area contributed by atoms with Gasteiger partial charge in [0.15, 0.2) is 6.61 Å². The second-order valence-electron chi connectivity index (χ2n) is 4.41. The molecule has 2 rings (SSSR count). The van der Waals surface area contributed by atoms with Crippen molar-refractivity contribution in [2.45, 2.75) is 0 Å². The van der Waals surface area contributed by atoms with Crippen molar-refractivity contribution in [2.75, 3.05) is 11.9 Å². The van der Waals surface area contributed by atoms with E-state index in [0.717, 1.165) is 0 Å². The van der Waals surface area contributed by atoms with Gasteiger partial charge in [-0.2, -0.15) is 0 Å². The predicted octanol–water partition coefficient (Wildman–Crippen LogP) is 4.36. The summed E-state index contributed by atoms with van der Waals surface area (Å²) in [5.41, 5.74) is 0.587. The minimum absolute atomic E-state index is 0.220. The lowest BCUT2D eigenvalue weighted by Crippen LogP contribution is -2.13. The highest BCUT2D eigenvalue weighted by Gasteiger charge is 2.13. The summed E-state index contributed by atoms with van der Waals surface area (Å²) in [6.07, 6.45) is 0. The largest absolute Gasteiger partial charge is 0.482 e. The van der Waals surface area contributed by atoms with Crippen LogP contribution >= 0.6 is 34.8 Å². The first-order chi connectivity index (χ1) is 10.9. The number of carbonyl (C=O) groups is 2. The van der Waals surface area contributed by atoms with Crippen molar-refractivity contribution < 1.29 is 19.4 Å². The van der Waals surface area contributed by atoms with Crippen LogP contribution in [0.5, 0.6) is 5.75 Å². The van der Waals surface area contributed by atoms with Gasteiger partial charge in [0.25, 0.3) is 5.91 Å². The summed E-state index contributed by atoms with van der Waals surface area (Å²) in [4.78, 5) is 22.6. The number of carbonyl (C=O) groups excluding carboxylic acids is 1. The Hall–Kier alpha value is -1.95. The van der Waals surface area contributed by atoms with Crippen LogP contribution in [0.3, 0.4) is 0 Å². The topological polar surface area (TPSA) is 75.6 Å². The van der Waals surface area contributed by atoms with E-state index in [1.807, 2.05) is 0 Å². The molecule has 0 saturated carbocycles. The van der Waals surface area contributed by atoms with Crippen molar-refractivity contribution in [3.63, 3.8) is 0 Å². The standard InChI is InChI=1S/C15H10Cl3NO4/c16-9-5-11(17)14(12(18)6-9)19-15(22)8-1-3-10(4-2-8)23-7-13(20)21/h1-6H,7H2,(H,19,22)(H,20,21). The van der Waals surface area contributed by atoms with Gasteiger partial charge in [-0.25, -0.2) is 4.79 Å². The molecule has 2 aromatic rings. The van der Waals surface area contributed by atoms with Crippen molar-refractivity contribution in [1.29, 1.82) is 0 Å². The van der Waals surface area contributed by atoms with Gasteiger partial charge in [-0.1, -0.05) is 34.8 Å². The van der Waals surface area contributed by atoms with E-state index in [0.29, 0.717) is 16.3 Å². The maximum absolute atomic E-state index is 12.2. The second-order valence-corrected chi connectivity index (χ2v) is 5.66. The highest BCUT2D eigenvalue weighted by Crippen LogP contribution is 2.34. The lowest BCUT2D eigenvalue weighted by atomic mass is 10.2. The van der Waals surface area contributed by atoms with Crippen LogP contribution < -0.4 is 10.1 Å². The molecular weight excluding hydrogens is 365 g/mol. The number of anilines is 1. The van der Waals surface area contributed by atoms with Crippen LogP contribution in [0, 0.1) is 0 Å². The molecule has 0 heterocycles. The van der Waals surface area contributed by atoms with Crippen molar-refractivity contribution in [2.24, 2.45) is 0 Å². The molecule has 0 atom stereocenters. The molecule has 2 aromatic carbocycles. The summed E-state index contributed by atoms with van der Waals surface area (Å²) in [6, 6.07) is 8.89. The van der Waals surface area contributed by atoms with Crippen LogP contribution in [0.25, 0.3) is 0 Å². The highest BCUT2D eigenvalue weighted by atomic mass is 35.5. The third kappa shape index (κ3) is 4.76. The number of carboxylic acid groups (broad SMARTS) is 1. The van der Waals surface area contributed by atoms with Gasteiger partial charge in [0.1, 0.15) is 5.75 Å². The van der Waals surface area contributed by atoms with E-state index in [9.17, 15) is 9.59 Å². The van der Waals surface area contributed by atoms with E-state index in [-0.39, 0.29) is 15.7 Å². The summed E-state index contributed by atoms with van der Waals surface area (Å²) in [6.45, 7) is -0.457. The van der Waals surface area contributed by atoms with Gasteiger partial charge >= 0.3 is 5.97 Å². The number of amides is 1. The number of aliphatic carboxylic acids is 1. The maximum Gasteiger partial charge on any atom is 0.341 e. The van der Waals surface area contributed by atoms with E-state index in [1.54, 1.807) is 0 Å². The first kappa shape index (κ1) is 17.4. The molecule has 0 aromatic heterocycles. The van der Waals surface area contributed by atoms with E-state index in [2.05, 4.69) is 5.32 Å². The van der Waals surface area contributed by atoms with Crippen molar-refractivity contribution in [3.05, 3.63) is 57.0 Å². The zero-order valence-electron chi connectivity index (χ0n) is 11.5. The molecule has 0 unspecified atom stereocenters. The first-order valence-corrected chi connectivity index (χ1v) is 7.41. The minimum Gasteiger partial charge on any atom is -0.482 e. The third-order valence-corrected chi connectivity index (χ3v) is 3.54. The van der Waals surface area contributed by atoms with Gasteiger partial charge in [0.05, 0.1) is 15.7 Å². The lowest BCUT2D eigenvalue weighted by molar-refractivity contribution is -0.139. The Morgan fingerprint density at radius 2 is 1.61 bits per heavy atom. The van der Waals surface area contributed by atoms with Crippen LogP contribution in [0.15, 0.2) is 36.4 Å². The van der Waals surface area contributed by atoms with Crippen LogP contribution in [0.4, 0.5) is 5.69 Å². The second kappa shape index (κ2) is 7.55. The number of benzene rings is 2. The first-order valence-electron chi connectivity index (χ1n) is 6.27. The van der Waals surface area contributed by atoms with E-state index < -0.39 is 18.5 Å². The van der Waals surface area contributed by atoms with E-state index in [4.69, 9.17) is 44.6 Å². The van der Waals surface area contributed by atoms with Crippen LogP contribution in [-0.4, -0.2) is 23.6 Å². The molecule has 1 amide bonds. The van der Waals surface area contributed by atoms with Gasteiger partial charge in [0.2, 0.25) is 0 Å². The Balaban J connectivity index is 2.11. The maximum atomic E-state index is 12.2. The van der Waals surface area contributed by atoms with Gasteiger partial charge in [-0.15, -0.1) is 0 Å². The number of carboxylic acids is 1. The van der Waals surface area contributed by atoms with E-state index in [1.165, 1.54) is 36.4 Å². The van der Waals surface area contributed by atoms with Gasteiger partial charge in [-0.3, -0.25) is 4.79 Å². The number of rotatable bonds is 5. The summed E-state index contributed by atoms with van der Waals surface area (Å²) < 4.78 is 4.98. The van der Waals surface area contributed by atoms with Crippen molar-refractivity contribution in [1.82, 2.24) is 0 Å². The van der Waals surface area contributed by atoms with Gasteiger partial charge in [-0.05, 0) is 36.4 Å². The van der Waals surface area contributed by atoms with Crippen LogP contribution in [-0.2, 0) is 4.79 Å². The predicted molar refractivity (Wildman–Crippen MR) is 89.0 cm³/mol. The zero-order valence-corrected chi connectivity index (χ0v) is 13.7. The molecule has 0 aliphatic rings. The fourth-order valence-corrected chi connectivity index (χ4v) is 2.61. The van der Waals surface area contributed by atoms with Gasteiger partial charge in [0, 0.05) is 10.6 Å². The Labute approximate surface area is 146 Å². The molecule has 0 spiro atoms. The zero-order chi connectivity index (χ0) is 17.0. The summed E-state index contributed by atoms with van der Waals surface area (Å²) in [7, 11) is 0. The highest BCUT2D eigenvalue weighted by molar-refractivity contribution is 6.42. The number of hydrogen-bond donors (Lipinski definition) is 2. The molecule has 0 radical (unpaired) electrons. The summed E-state index contributed by atoms with van der Waals surface area (Å²) in [5, 5.41) is 11.9. The molecule has 23 heavy (non-hydrogen) atoms. The Morgan fingerprint density at radius 1 is 1.04 bits per heavy atom. The normalized spacial score (nSPS) is 10.2.